The molecule has 0 unspecified atom stereocenters. The average molecular weight is 287 g/mol. The van der Waals surface area contributed by atoms with Gasteiger partial charge in [-0.2, -0.15) is 0 Å². The van der Waals surface area contributed by atoms with E-state index < -0.39 is 12.6 Å². The van der Waals surface area contributed by atoms with Gasteiger partial charge in [0.2, 0.25) is 0 Å². The second-order valence-corrected chi connectivity index (χ2v) is 4.03. The van der Waals surface area contributed by atoms with E-state index in [1.54, 1.807) is 36.4 Å². The molecule has 0 spiro atoms. The number of carboxylic acids is 1. The van der Waals surface area contributed by atoms with Crippen LogP contribution in [0.4, 0.5) is 0 Å². The fourth-order valence-corrected chi connectivity index (χ4v) is 1.52. The molecule has 108 valence electrons. The Kier molecular flexibility index (Phi) is 4.35. The molecule has 0 bridgehead atoms. The predicted octanol–water partition coefficient (Wildman–Crippen LogP) is 1.62. The molecule has 2 aromatic rings. The van der Waals surface area contributed by atoms with Crippen LogP contribution < -0.4 is 15.2 Å². The highest BCUT2D eigenvalue weighted by Gasteiger charge is 2.09. The van der Waals surface area contributed by atoms with Crippen molar-refractivity contribution < 1.29 is 19.4 Å². The maximum absolute atomic E-state index is 10.5. The number of nitrogen functional groups attached to an aromatic ring is 1. The fourth-order valence-electron chi connectivity index (χ4n) is 1.52. The van der Waals surface area contributed by atoms with Crippen LogP contribution in [0.25, 0.3) is 0 Å². The third kappa shape index (κ3) is 3.93. The molecule has 0 aliphatic heterocycles. The lowest BCUT2D eigenvalue weighted by atomic mass is 10.2. The van der Waals surface area contributed by atoms with E-state index in [2.05, 4.69) is 4.98 Å². The molecule has 7 heteroatoms. The van der Waals surface area contributed by atoms with E-state index in [0.717, 1.165) is 0 Å². The minimum atomic E-state index is -1.09. The van der Waals surface area contributed by atoms with Crippen molar-refractivity contribution in [3.05, 3.63) is 48.2 Å². The molecule has 0 saturated heterocycles. The Labute approximate surface area is 120 Å². The maximum atomic E-state index is 10.5. The Bertz CT molecular complexity index is 656. The summed E-state index contributed by atoms with van der Waals surface area (Å²) in [7, 11) is 0. The maximum Gasteiger partial charge on any atom is 0.341 e. The number of nitrogens with zero attached hydrogens (tertiary/aromatic N) is 1. The van der Waals surface area contributed by atoms with Crippen molar-refractivity contribution in [2.24, 2.45) is 5.73 Å². The molecule has 7 nitrogen and oxygen atoms in total. The van der Waals surface area contributed by atoms with Crippen molar-refractivity contribution in [3.8, 4) is 17.4 Å². The zero-order chi connectivity index (χ0) is 15.2. The van der Waals surface area contributed by atoms with Gasteiger partial charge in [-0.3, -0.25) is 5.41 Å². The summed E-state index contributed by atoms with van der Waals surface area (Å²) < 4.78 is 10.6. The number of nitrogens with one attached hydrogen (secondary N) is 1. The minimum absolute atomic E-state index is 0.0372. The van der Waals surface area contributed by atoms with Crippen molar-refractivity contribution in [3.63, 3.8) is 0 Å². The van der Waals surface area contributed by atoms with Gasteiger partial charge in [-0.1, -0.05) is 0 Å². The van der Waals surface area contributed by atoms with Crippen LogP contribution in [0.3, 0.4) is 0 Å². The second kappa shape index (κ2) is 6.38. The first-order chi connectivity index (χ1) is 10.1. The monoisotopic (exact) mass is 287 g/mol. The van der Waals surface area contributed by atoms with Gasteiger partial charge in [0.25, 0.3) is 5.88 Å². The summed E-state index contributed by atoms with van der Waals surface area (Å²) in [5, 5.41) is 15.9. The summed E-state index contributed by atoms with van der Waals surface area (Å²) in [6.45, 7) is -0.481. The number of carboxylic acid groups (broad SMARTS) is 1. The SMILES string of the molecule is N=C(N)c1ccc(Oc2ncccc2OCC(=O)O)cc1. The van der Waals surface area contributed by atoms with E-state index in [9.17, 15) is 4.79 Å². The molecule has 1 aromatic heterocycles. The third-order valence-electron chi connectivity index (χ3n) is 2.47. The number of carbonyl (C=O) groups is 1. The van der Waals surface area contributed by atoms with Crippen LogP contribution in [0, 0.1) is 5.41 Å². The molecule has 21 heavy (non-hydrogen) atoms. The largest absolute Gasteiger partial charge is 0.479 e. The van der Waals surface area contributed by atoms with Crippen LogP contribution in [0.2, 0.25) is 0 Å². The molecule has 0 fully saturated rings. The van der Waals surface area contributed by atoms with Gasteiger partial charge in [-0.15, -0.1) is 0 Å². The lowest BCUT2D eigenvalue weighted by Crippen LogP contribution is -2.10. The number of aliphatic carboxylic acids is 1. The second-order valence-electron chi connectivity index (χ2n) is 4.03. The molecule has 0 aliphatic rings. The number of ether oxygens (including phenoxy) is 2. The summed E-state index contributed by atoms with van der Waals surface area (Å²) in [5.41, 5.74) is 5.94. The fraction of sp³-hybridized carbons (Fsp3) is 0.0714. The molecule has 2 rings (SSSR count). The van der Waals surface area contributed by atoms with Gasteiger partial charge in [-0.05, 0) is 36.4 Å². The van der Waals surface area contributed by atoms with E-state index in [0.29, 0.717) is 11.3 Å². The summed E-state index contributed by atoms with van der Waals surface area (Å²) in [6, 6.07) is 9.72. The topological polar surface area (TPSA) is 119 Å². The average Bonchev–Trinajstić information content (AvgIpc) is 2.47. The number of hydrogen-bond donors (Lipinski definition) is 3. The van der Waals surface area contributed by atoms with E-state index >= 15 is 0 Å². The summed E-state index contributed by atoms with van der Waals surface area (Å²) in [5.74, 6) is -0.260. The van der Waals surface area contributed by atoms with E-state index in [-0.39, 0.29) is 17.5 Å². The van der Waals surface area contributed by atoms with Crippen LogP contribution in [0.5, 0.6) is 17.4 Å². The predicted molar refractivity (Wildman–Crippen MR) is 74.9 cm³/mol. The number of amidine groups is 1. The highest BCUT2D eigenvalue weighted by molar-refractivity contribution is 5.94. The van der Waals surface area contributed by atoms with E-state index in [4.69, 9.17) is 25.7 Å². The van der Waals surface area contributed by atoms with Crippen LogP contribution in [-0.2, 0) is 4.79 Å². The zero-order valence-electron chi connectivity index (χ0n) is 10.9. The van der Waals surface area contributed by atoms with Gasteiger partial charge in [0.15, 0.2) is 12.4 Å². The van der Waals surface area contributed by atoms with E-state index in [1.807, 2.05) is 0 Å². The number of rotatable bonds is 6. The Morgan fingerprint density at radius 1 is 1.29 bits per heavy atom. The number of benzene rings is 1. The van der Waals surface area contributed by atoms with Gasteiger partial charge in [-0.25, -0.2) is 9.78 Å². The lowest BCUT2D eigenvalue weighted by molar-refractivity contribution is -0.139. The highest BCUT2D eigenvalue weighted by atomic mass is 16.5. The molecule has 1 aromatic carbocycles. The van der Waals surface area contributed by atoms with Crippen molar-refractivity contribution >= 4 is 11.8 Å². The minimum Gasteiger partial charge on any atom is -0.479 e. The standard InChI is InChI=1S/C14H13N3O4/c15-13(16)9-3-5-10(6-4-9)21-14-11(2-1-7-17-14)20-8-12(18)19/h1-7H,8H2,(H3,15,16)(H,18,19). The lowest BCUT2D eigenvalue weighted by Gasteiger charge is -2.10. The Morgan fingerprint density at radius 2 is 2.00 bits per heavy atom. The summed E-state index contributed by atoms with van der Waals surface area (Å²) >= 11 is 0. The van der Waals surface area contributed by atoms with Gasteiger partial charge in [0, 0.05) is 11.8 Å². The number of nitrogens with two attached hydrogens (primary N) is 1. The zero-order valence-corrected chi connectivity index (χ0v) is 10.9. The molecule has 4 N–H and O–H groups in total. The number of aromatic nitrogens is 1. The molecular weight excluding hydrogens is 274 g/mol. The summed E-state index contributed by atoms with van der Waals surface area (Å²) in [6.07, 6.45) is 1.51. The summed E-state index contributed by atoms with van der Waals surface area (Å²) in [4.78, 5) is 14.5. The normalized spacial score (nSPS) is 9.90. The highest BCUT2D eigenvalue weighted by Crippen LogP contribution is 2.28. The van der Waals surface area contributed by atoms with Gasteiger partial charge >= 0.3 is 5.97 Å². The third-order valence-corrected chi connectivity index (χ3v) is 2.47. The molecule has 1 heterocycles. The molecular formula is C14H13N3O4. The molecule has 0 amide bonds. The van der Waals surface area contributed by atoms with Gasteiger partial charge in [0.1, 0.15) is 11.6 Å². The van der Waals surface area contributed by atoms with Gasteiger partial charge < -0.3 is 20.3 Å². The van der Waals surface area contributed by atoms with Crippen LogP contribution in [0.15, 0.2) is 42.6 Å². The molecule has 0 aliphatic carbocycles. The van der Waals surface area contributed by atoms with Crippen molar-refractivity contribution in [1.29, 1.82) is 5.41 Å². The number of hydrogen-bond acceptors (Lipinski definition) is 5. The quantitative estimate of drug-likeness (QED) is 0.548. The Balaban J connectivity index is 2.15. The first-order valence-corrected chi connectivity index (χ1v) is 5.98. The smallest absolute Gasteiger partial charge is 0.341 e. The van der Waals surface area contributed by atoms with Crippen LogP contribution in [-0.4, -0.2) is 28.5 Å². The number of pyridine rings is 1. The molecule has 0 radical (unpaired) electrons. The van der Waals surface area contributed by atoms with E-state index in [1.165, 1.54) is 6.20 Å². The van der Waals surface area contributed by atoms with Crippen molar-refractivity contribution in [1.82, 2.24) is 4.98 Å². The first kappa shape index (κ1) is 14.3. The van der Waals surface area contributed by atoms with Crippen LogP contribution in [0.1, 0.15) is 5.56 Å². The first-order valence-electron chi connectivity index (χ1n) is 5.98. The molecule has 0 atom stereocenters. The Morgan fingerprint density at radius 3 is 2.62 bits per heavy atom. The van der Waals surface area contributed by atoms with Crippen molar-refractivity contribution in [2.45, 2.75) is 0 Å². The van der Waals surface area contributed by atoms with Crippen LogP contribution >= 0.6 is 0 Å². The van der Waals surface area contributed by atoms with Gasteiger partial charge in [0.05, 0.1) is 0 Å². The van der Waals surface area contributed by atoms with Crippen molar-refractivity contribution in [2.75, 3.05) is 6.61 Å². The molecule has 0 saturated carbocycles. The Hall–Kier alpha value is -3.09.